The third kappa shape index (κ3) is 2.15. The Kier molecular flexibility index (Phi) is 3.11. The highest BCUT2D eigenvalue weighted by atomic mass is 16.2. The molecule has 5 nitrogen and oxygen atoms in total. The Balaban J connectivity index is 2.24. The van der Waals surface area contributed by atoms with Crippen LogP contribution in [0.1, 0.15) is 13.8 Å². The first-order valence-electron chi connectivity index (χ1n) is 5.97. The normalized spacial score (nSPS) is 23.5. The summed E-state index contributed by atoms with van der Waals surface area (Å²) in [6.45, 7) is 7.94. The highest BCUT2D eigenvalue weighted by molar-refractivity contribution is 5.75. The van der Waals surface area contributed by atoms with Crippen molar-refractivity contribution in [3.05, 3.63) is 24.0 Å². The molecule has 2 aliphatic rings. The van der Waals surface area contributed by atoms with Crippen molar-refractivity contribution >= 4 is 6.03 Å². The van der Waals surface area contributed by atoms with Gasteiger partial charge in [0.1, 0.15) is 0 Å². The summed E-state index contributed by atoms with van der Waals surface area (Å²) in [5.74, 6) is 0. The summed E-state index contributed by atoms with van der Waals surface area (Å²) in [6.07, 6.45) is 5.70. The van der Waals surface area contributed by atoms with Crippen LogP contribution in [0.15, 0.2) is 24.0 Å². The lowest BCUT2D eigenvalue weighted by atomic mass is 9.94. The minimum Gasteiger partial charge on any atom is -0.370 e. The van der Waals surface area contributed by atoms with Crippen molar-refractivity contribution in [2.45, 2.75) is 19.4 Å². The third-order valence-corrected chi connectivity index (χ3v) is 3.41. The number of nitrogens with two attached hydrogens (primary N) is 1. The molecule has 0 radical (unpaired) electrons. The zero-order valence-corrected chi connectivity index (χ0v) is 10.4. The minimum atomic E-state index is -0.410. The molecule has 5 heteroatoms. The zero-order chi connectivity index (χ0) is 12.5. The lowest BCUT2D eigenvalue weighted by Crippen LogP contribution is -2.55. The number of carbonyl (C=O) groups is 1. The molecule has 1 fully saturated rings. The van der Waals surface area contributed by atoms with Gasteiger partial charge in [-0.3, -0.25) is 4.90 Å². The van der Waals surface area contributed by atoms with Crippen LogP contribution in [-0.4, -0.2) is 47.5 Å². The van der Waals surface area contributed by atoms with Crippen LogP contribution in [0, 0.1) is 0 Å². The fourth-order valence-electron chi connectivity index (χ4n) is 2.48. The number of amides is 2. The average molecular weight is 236 g/mol. The van der Waals surface area contributed by atoms with Crippen LogP contribution in [0.2, 0.25) is 0 Å². The first kappa shape index (κ1) is 12.0. The molecule has 1 saturated heterocycles. The van der Waals surface area contributed by atoms with Crippen molar-refractivity contribution in [2.75, 3.05) is 26.2 Å². The topological polar surface area (TPSA) is 61.6 Å². The van der Waals surface area contributed by atoms with E-state index in [9.17, 15) is 4.79 Å². The summed E-state index contributed by atoms with van der Waals surface area (Å²) >= 11 is 0. The van der Waals surface area contributed by atoms with Crippen molar-refractivity contribution in [2.24, 2.45) is 5.73 Å². The molecular formula is C12H20N4O. The fourth-order valence-corrected chi connectivity index (χ4v) is 2.48. The molecule has 2 amide bonds. The Morgan fingerprint density at radius 1 is 1.41 bits per heavy atom. The van der Waals surface area contributed by atoms with Crippen LogP contribution in [-0.2, 0) is 0 Å². The number of rotatable bonds is 1. The second kappa shape index (κ2) is 4.41. The predicted molar refractivity (Wildman–Crippen MR) is 67.2 cm³/mol. The van der Waals surface area contributed by atoms with Crippen LogP contribution in [0.3, 0.4) is 0 Å². The van der Waals surface area contributed by atoms with E-state index in [0.717, 1.165) is 31.9 Å². The van der Waals surface area contributed by atoms with E-state index in [0.29, 0.717) is 0 Å². The van der Waals surface area contributed by atoms with Crippen molar-refractivity contribution in [3.8, 4) is 0 Å². The van der Waals surface area contributed by atoms with Gasteiger partial charge >= 0.3 is 6.03 Å². The van der Waals surface area contributed by atoms with Gasteiger partial charge in [-0.2, -0.15) is 0 Å². The summed E-state index contributed by atoms with van der Waals surface area (Å²) in [5, 5.41) is 3.32. The SMILES string of the molecule is CC1(C)C(N2CCNCC2)=CC=CN1C(N)=O. The van der Waals surface area contributed by atoms with Crippen molar-refractivity contribution < 1.29 is 4.79 Å². The fraction of sp³-hybridized carbons (Fsp3) is 0.583. The van der Waals surface area contributed by atoms with Crippen LogP contribution in [0.5, 0.6) is 0 Å². The van der Waals surface area contributed by atoms with E-state index in [4.69, 9.17) is 5.73 Å². The average Bonchev–Trinajstić information content (AvgIpc) is 2.28. The summed E-state index contributed by atoms with van der Waals surface area (Å²) in [5.41, 5.74) is 6.19. The van der Waals surface area contributed by atoms with Crippen LogP contribution >= 0.6 is 0 Å². The van der Waals surface area contributed by atoms with E-state index < -0.39 is 6.03 Å². The molecule has 0 spiro atoms. The molecule has 2 rings (SSSR count). The number of nitrogens with zero attached hydrogens (tertiary/aromatic N) is 2. The summed E-state index contributed by atoms with van der Waals surface area (Å²) in [6, 6.07) is -0.410. The summed E-state index contributed by atoms with van der Waals surface area (Å²) in [4.78, 5) is 15.3. The largest absolute Gasteiger partial charge is 0.370 e. The number of hydrogen-bond donors (Lipinski definition) is 2. The standard InChI is InChI=1S/C12H20N4O/c1-12(2)10(15-8-5-14-6-9-15)4-3-7-16(12)11(13)17/h3-4,7,14H,5-6,8-9H2,1-2H3,(H2,13,17). The number of piperazine rings is 1. The maximum atomic E-state index is 11.4. The molecule has 0 aromatic carbocycles. The quantitative estimate of drug-likeness (QED) is 0.695. The van der Waals surface area contributed by atoms with E-state index in [1.807, 2.05) is 19.9 Å². The maximum Gasteiger partial charge on any atom is 0.319 e. The van der Waals surface area contributed by atoms with Gasteiger partial charge in [0.15, 0.2) is 0 Å². The number of hydrogen-bond acceptors (Lipinski definition) is 3. The molecule has 0 aromatic rings. The number of primary amides is 1. The molecule has 17 heavy (non-hydrogen) atoms. The predicted octanol–water partition coefficient (Wildman–Crippen LogP) is 0.462. The second-order valence-electron chi connectivity index (χ2n) is 4.90. The molecule has 3 N–H and O–H groups in total. The Bertz CT molecular complexity index is 367. The van der Waals surface area contributed by atoms with Crippen molar-refractivity contribution in [1.29, 1.82) is 0 Å². The van der Waals surface area contributed by atoms with Gasteiger partial charge in [-0.05, 0) is 26.0 Å². The van der Waals surface area contributed by atoms with Crippen LogP contribution in [0.25, 0.3) is 0 Å². The Morgan fingerprint density at radius 3 is 2.65 bits per heavy atom. The summed E-state index contributed by atoms with van der Waals surface area (Å²) < 4.78 is 0. The Hall–Kier alpha value is -1.49. The molecular weight excluding hydrogens is 216 g/mol. The van der Waals surface area contributed by atoms with Crippen molar-refractivity contribution in [1.82, 2.24) is 15.1 Å². The van der Waals surface area contributed by atoms with Crippen LogP contribution in [0.4, 0.5) is 4.79 Å². The Labute approximate surface area is 102 Å². The first-order valence-corrected chi connectivity index (χ1v) is 5.97. The van der Waals surface area contributed by atoms with Gasteiger partial charge in [-0.1, -0.05) is 0 Å². The first-order chi connectivity index (χ1) is 8.03. The lowest BCUT2D eigenvalue weighted by Gasteiger charge is -2.45. The highest BCUT2D eigenvalue weighted by Crippen LogP contribution is 2.30. The molecule has 0 atom stereocenters. The second-order valence-corrected chi connectivity index (χ2v) is 4.90. The van der Waals surface area contributed by atoms with Gasteiger partial charge in [0, 0.05) is 38.1 Å². The minimum absolute atomic E-state index is 0.377. The number of allylic oxidation sites excluding steroid dienone is 2. The Morgan fingerprint density at radius 2 is 2.06 bits per heavy atom. The van der Waals surface area contributed by atoms with Crippen molar-refractivity contribution in [3.63, 3.8) is 0 Å². The zero-order valence-electron chi connectivity index (χ0n) is 10.4. The number of urea groups is 1. The van der Waals surface area contributed by atoms with Gasteiger partial charge in [0.2, 0.25) is 0 Å². The van der Waals surface area contributed by atoms with E-state index in [2.05, 4.69) is 16.3 Å². The van der Waals surface area contributed by atoms with Gasteiger partial charge in [0.25, 0.3) is 0 Å². The molecule has 2 heterocycles. The van der Waals surface area contributed by atoms with E-state index in [-0.39, 0.29) is 5.54 Å². The van der Waals surface area contributed by atoms with Crippen LogP contribution < -0.4 is 11.1 Å². The van der Waals surface area contributed by atoms with Gasteiger partial charge in [-0.15, -0.1) is 0 Å². The van der Waals surface area contributed by atoms with Gasteiger partial charge in [0.05, 0.1) is 5.54 Å². The van der Waals surface area contributed by atoms with Gasteiger partial charge < -0.3 is 16.0 Å². The maximum absolute atomic E-state index is 11.4. The highest BCUT2D eigenvalue weighted by Gasteiger charge is 2.36. The molecule has 0 saturated carbocycles. The monoisotopic (exact) mass is 236 g/mol. The number of carbonyl (C=O) groups excluding carboxylic acids is 1. The molecule has 0 aromatic heterocycles. The van der Waals surface area contributed by atoms with Gasteiger partial charge in [-0.25, -0.2) is 4.79 Å². The van der Waals surface area contributed by atoms with E-state index >= 15 is 0 Å². The summed E-state index contributed by atoms with van der Waals surface area (Å²) in [7, 11) is 0. The molecule has 0 aliphatic carbocycles. The molecule has 94 valence electrons. The smallest absolute Gasteiger partial charge is 0.319 e. The van der Waals surface area contributed by atoms with E-state index in [1.54, 1.807) is 11.1 Å². The molecule has 0 bridgehead atoms. The molecule has 0 unspecified atom stereocenters. The number of nitrogens with one attached hydrogen (secondary N) is 1. The van der Waals surface area contributed by atoms with E-state index in [1.165, 1.54) is 0 Å². The molecule has 2 aliphatic heterocycles. The third-order valence-electron chi connectivity index (χ3n) is 3.41. The lowest BCUT2D eigenvalue weighted by molar-refractivity contribution is 0.161.